The van der Waals surface area contributed by atoms with Crippen LogP contribution in [0.15, 0.2) is 83.9 Å². The minimum atomic E-state index is -4.48. The number of rotatable bonds is 13. The number of aryl methyl sites for hydroxylation is 1. The number of fused-ring (bicyclic) bond motifs is 1. The SMILES string of the molecule is COCCCN(CC(=O)N(CCc1c[nH]c2ccccc12)Cc1ccc(C(F)(F)F)cc1)S(=O)(=O)c1ccc(C)cc1. The summed E-state index contributed by atoms with van der Waals surface area (Å²) < 4.78 is 72.8. The summed E-state index contributed by atoms with van der Waals surface area (Å²) in [6.07, 6.45) is -1.77. The molecule has 0 unspecified atom stereocenters. The molecule has 0 fully saturated rings. The number of hydrogen-bond donors (Lipinski definition) is 1. The standard InChI is InChI=1S/C31H34F3N3O4S/c1-23-8-14-27(15-9-23)42(39,40)37(17-5-19-41-2)22-30(38)36(21-24-10-12-26(13-11-24)31(32,33)34)18-16-25-20-35-29-7-4-3-6-28(25)29/h3-4,6-15,20,35H,5,16-19,21-22H2,1-2H3. The Morgan fingerprint density at radius 2 is 1.64 bits per heavy atom. The summed E-state index contributed by atoms with van der Waals surface area (Å²) in [6, 6.07) is 18.8. The lowest BCUT2D eigenvalue weighted by molar-refractivity contribution is -0.137. The smallest absolute Gasteiger partial charge is 0.385 e. The largest absolute Gasteiger partial charge is 0.416 e. The maximum atomic E-state index is 13.8. The first-order valence-corrected chi connectivity index (χ1v) is 15.0. The van der Waals surface area contributed by atoms with E-state index in [-0.39, 0.29) is 24.5 Å². The van der Waals surface area contributed by atoms with E-state index in [1.807, 2.05) is 37.4 Å². The number of nitrogens with one attached hydrogen (secondary N) is 1. The van der Waals surface area contributed by atoms with Gasteiger partial charge in [-0.3, -0.25) is 4.79 Å². The highest BCUT2D eigenvalue weighted by atomic mass is 32.2. The van der Waals surface area contributed by atoms with E-state index in [0.717, 1.165) is 38.5 Å². The zero-order valence-electron chi connectivity index (χ0n) is 23.5. The Morgan fingerprint density at radius 1 is 0.952 bits per heavy atom. The third kappa shape index (κ3) is 7.78. The van der Waals surface area contributed by atoms with E-state index in [2.05, 4.69) is 4.98 Å². The van der Waals surface area contributed by atoms with Crippen LogP contribution in [0.3, 0.4) is 0 Å². The van der Waals surface area contributed by atoms with Gasteiger partial charge in [-0.1, -0.05) is 48.0 Å². The van der Waals surface area contributed by atoms with Crippen LogP contribution in [0.2, 0.25) is 0 Å². The molecule has 1 amide bonds. The molecule has 0 aliphatic rings. The Hall–Kier alpha value is -3.67. The molecule has 0 saturated carbocycles. The number of para-hydroxylation sites is 1. The Morgan fingerprint density at radius 3 is 2.31 bits per heavy atom. The van der Waals surface area contributed by atoms with Gasteiger partial charge < -0.3 is 14.6 Å². The highest BCUT2D eigenvalue weighted by Gasteiger charge is 2.31. The molecule has 1 heterocycles. The van der Waals surface area contributed by atoms with Gasteiger partial charge in [-0.2, -0.15) is 17.5 Å². The number of carbonyl (C=O) groups excluding carboxylic acids is 1. The van der Waals surface area contributed by atoms with Crippen LogP contribution in [-0.2, 0) is 38.7 Å². The van der Waals surface area contributed by atoms with Crippen LogP contribution in [0.1, 0.15) is 28.7 Å². The van der Waals surface area contributed by atoms with Gasteiger partial charge in [0.05, 0.1) is 17.0 Å². The van der Waals surface area contributed by atoms with Gasteiger partial charge in [0.25, 0.3) is 0 Å². The van der Waals surface area contributed by atoms with Gasteiger partial charge >= 0.3 is 6.18 Å². The summed E-state index contributed by atoms with van der Waals surface area (Å²) in [4.78, 5) is 18.6. The first-order chi connectivity index (χ1) is 20.0. The molecule has 1 aromatic heterocycles. The molecule has 1 N–H and O–H groups in total. The van der Waals surface area contributed by atoms with Crippen molar-refractivity contribution >= 4 is 26.8 Å². The topological polar surface area (TPSA) is 82.7 Å². The Bertz CT molecular complexity index is 1580. The van der Waals surface area contributed by atoms with E-state index < -0.39 is 34.2 Å². The third-order valence-electron chi connectivity index (χ3n) is 7.06. The molecule has 0 spiro atoms. The van der Waals surface area contributed by atoms with Crippen LogP contribution in [0.25, 0.3) is 10.9 Å². The molecule has 0 aliphatic carbocycles. The summed E-state index contributed by atoms with van der Waals surface area (Å²) >= 11 is 0. The fraction of sp³-hybridized carbons (Fsp3) is 0.323. The second-order valence-corrected chi connectivity index (χ2v) is 12.1. The van der Waals surface area contributed by atoms with Crippen molar-refractivity contribution < 1.29 is 31.1 Å². The Kier molecular flexibility index (Phi) is 10.1. The lowest BCUT2D eigenvalue weighted by Gasteiger charge is -2.28. The summed E-state index contributed by atoms with van der Waals surface area (Å²) in [7, 11) is -2.49. The number of aromatic amines is 1. The molecule has 4 aromatic rings. The molecule has 42 heavy (non-hydrogen) atoms. The van der Waals surface area contributed by atoms with Gasteiger partial charge in [0, 0.05) is 50.5 Å². The molecule has 3 aromatic carbocycles. The minimum Gasteiger partial charge on any atom is -0.385 e. The van der Waals surface area contributed by atoms with Gasteiger partial charge in [0.2, 0.25) is 15.9 Å². The van der Waals surface area contributed by atoms with E-state index in [9.17, 15) is 26.4 Å². The molecule has 0 atom stereocenters. The van der Waals surface area contributed by atoms with Crippen LogP contribution in [0, 0.1) is 6.92 Å². The van der Waals surface area contributed by atoms with Crippen molar-refractivity contribution in [3.8, 4) is 0 Å². The van der Waals surface area contributed by atoms with Crippen LogP contribution in [0.5, 0.6) is 0 Å². The van der Waals surface area contributed by atoms with E-state index in [4.69, 9.17) is 4.74 Å². The van der Waals surface area contributed by atoms with Gasteiger partial charge in [-0.25, -0.2) is 8.42 Å². The highest BCUT2D eigenvalue weighted by Crippen LogP contribution is 2.29. The maximum Gasteiger partial charge on any atom is 0.416 e. The number of H-pyrrole nitrogens is 1. The molecule has 0 bridgehead atoms. The van der Waals surface area contributed by atoms with E-state index >= 15 is 0 Å². The molecular formula is C31H34F3N3O4S. The average Bonchev–Trinajstić information content (AvgIpc) is 3.37. The van der Waals surface area contributed by atoms with Crippen molar-refractivity contribution in [2.24, 2.45) is 0 Å². The monoisotopic (exact) mass is 601 g/mol. The van der Waals surface area contributed by atoms with Crippen molar-refractivity contribution in [3.05, 3.63) is 101 Å². The summed E-state index contributed by atoms with van der Waals surface area (Å²) in [6.45, 7) is 2.06. The lowest BCUT2D eigenvalue weighted by Crippen LogP contribution is -2.43. The predicted octanol–water partition coefficient (Wildman–Crippen LogP) is 5.79. The quantitative estimate of drug-likeness (QED) is 0.197. The highest BCUT2D eigenvalue weighted by molar-refractivity contribution is 7.89. The number of ether oxygens (including phenoxy) is 1. The van der Waals surface area contributed by atoms with Gasteiger partial charge in [0.15, 0.2) is 0 Å². The lowest BCUT2D eigenvalue weighted by atomic mass is 10.1. The number of nitrogens with zero attached hydrogens (tertiary/aromatic N) is 2. The molecule has 7 nitrogen and oxygen atoms in total. The van der Waals surface area contributed by atoms with Crippen molar-refractivity contribution in [3.63, 3.8) is 0 Å². The molecule has 0 saturated heterocycles. The van der Waals surface area contributed by atoms with Gasteiger partial charge in [-0.15, -0.1) is 0 Å². The number of carbonyl (C=O) groups is 1. The molecule has 0 radical (unpaired) electrons. The number of hydrogen-bond acceptors (Lipinski definition) is 4. The van der Waals surface area contributed by atoms with E-state index in [1.165, 1.54) is 36.3 Å². The van der Waals surface area contributed by atoms with Crippen molar-refractivity contribution in [2.75, 3.05) is 33.4 Å². The average molecular weight is 602 g/mol. The number of aromatic nitrogens is 1. The van der Waals surface area contributed by atoms with E-state index in [0.29, 0.717) is 25.0 Å². The summed E-state index contributed by atoms with van der Waals surface area (Å²) in [5.74, 6) is -0.456. The number of sulfonamides is 1. The van der Waals surface area contributed by atoms with E-state index in [1.54, 1.807) is 12.1 Å². The zero-order chi connectivity index (χ0) is 30.3. The van der Waals surface area contributed by atoms with Crippen molar-refractivity contribution in [1.82, 2.24) is 14.2 Å². The first kappa shape index (κ1) is 31.3. The second kappa shape index (κ2) is 13.5. The first-order valence-electron chi connectivity index (χ1n) is 13.5. The van der Waals surface area contributed by atoms with Gasteiger partial charge in [0.1, 0.15) is 0 Å². The summed E-state index contributed by atoms with van der Waals surface area (Å²) in [5, 5.41) is 1.00. The number of amides is 1. The van der Waals surface area contributed by atoms with Crippen molar-refractivity contribution in [1.29, 1.82) is 0 Å². The minimum absolute atomic E-state index is 0.0236. The maximum absolute atomic E-state index is 13.8. The molecule has 0 aliphatic heterocycles. The van der Waals surface area contributed by atoms with Crippen molar-refractivity contribution in [2.45, 2.75) is 37.4 Å². The van der Waals surface area contributed by atoms with Crippen LogP contribution >= 0.6 is 0 Å². The normalized spacial score (nSPS) is 12.2. The number of halogens is 3. The molecule has 224 valence electrons. The van der Waals surface area contributed by atoms with Crippen LogP contribution < -0.4 is 0 Å². The predicted molar refractivity (Wildman–Crippen MR) is 155 cm³/mol. The number of benzene rings is 3. The fourth-order valence-electron chi connectivity index (χ4n) is 4.68. The third-order valence-corrected chi connectivity index (χ3v) is 8.92. The fourth-order valence-corrected chi connectivity index (χ4v) is 6.11. The summed E-state index contributed by atoms with van der Waals surface area (Å²) in [5.41, 5.74) is 2.54. The molecule has 4 rings (SSSR count). The number of methoxy groups -OCH3 is 1. The van der Waals surface area contributed by atoms with Crippen LogP contribution in [-0.4, -0.2) is 61.9 Å². The van der Waals surface area contributed by atoms with Crippen LogP contribution in [0.4, 0.5) is 13.2 Å². The Labute approximate surface area is 244 Å². The number of alkyl halides is 3. The second-order valence-electron chi connectivity index (χ2n) is 10.1. The Balaban J connectivity index is 1.60. The van der Waals surface area contributed by atoms with Gasteiger partial charge in [-0.05, 0) is 61.2 Å². The molecule has 11 heteroatoms. The zero-order valence-corrected chi connectivity index (χ0v) is 24.3. The molecular weight excluding hydrogens is 567 g/mol.